The van der Waals surface area contributed by atoms with E-state index < -0.39 is 0 Å². The van der Waals surface area contributed by atoms with Crippen molar-refractivity contribution >= 4 is 94.5 Å². The summed E-state index contributed by atoms with van der Waals surface area (Å²) < 4.78 is 7.79. The maximum Gasteiger partial charge on any atom is 0.164 e. The Morgan fingerprint density at radius 3 is 1.40 bits per heavy atom. The average Bonchev–Trinajstić information content (AvgIpc) is 3.98. The van der Waals surface area contributed by atoms with Crippen molar-refractivity contribution in [2.45, 2.75) is 0 Å². The van der Waals surface area contributed by atoms with Gasteiger partial charge in [-0.3, -0.25) is 0 Å². The number of fused-ring (bicyclic) bond motifs is 9. The molecule has 0 fully saturated rings. The molecule has 0 N–H and O–H groups in total. The largest absolute Gasteiger partial charge is 0.208 e. The van der Waals surface area contributed by atoms with Crippen molar-refractivity contribution < 1.29 is 0 Å². The third-order valence-corrected chi connectivity index (χ3v) is 14.6. The molecule has 0 saturated heterocycles. The molecule has 6 heteroatoms. The van der Waals surface area contributed by atoms with E-state index in [1.165, 1.54) is 82.8 Å². The minimum atomic E-state index is 0.664. The number of hydrogen-bond acceptors (Lipinski definition) is 6. The number of nitrogens with zero attached hydrogens (tertiary/aromatic N) is 3. The molecule has 0 saturated carbocycles. The van der Waals surface area contributed by atoms with E-state index in [-0.39, 0.29) is 0 Å². The first-order chi connectivity index (χ1) is 28.2. The number of aromatic nitrogens is 3. The highest BCUT2D eigenvalue weighted by molar-refractivity contribution is 7.28. The predicted molar refractivity (Wildman–Crippen MR) is 246 cm³/mol. The lowest BCUT2D eigenvalue weighted by Crippen LogP contribution is -1.99. The van der Waals surface area contributed by atoms with Gasteiger partial charge in [0, 0.05) is 93.9 Å². The molecule has 0 atom stereocenters. The minimum absolute atomic E-state index is 0.664. The number of rotatable bonds is 5. The molecule has 0 unspecified atom stereocenters. The van der Waals surface area contributed by atoms with Gasteiger partial charge in [-0.05, 0) is 23.8 Å². The van der Waals surface area contributed by atoms with E-state index in [2.05, 4.69) is 140 Å². The van der Waals surface area contributed by atoms with Crippen molar-refractivity contribution in [2.75, 3.05) is 0 Å². The molecule has 12 aromatic rings. The van der Waals surface area contributed by atoms with Crippen LogP contribution in [0.15, 0.2) is 176 Å². The van der Waals surface area contributed by atoms with Crippen LogP contribution < -0.4 is 0 Å². The smallest absolute Gasteiger partial charge is 0.164 e. The van der Waals surface area contributed by atoms with Crippen LogP contribution in [0.1, 0.15) is 0 Å². The van der Waals surface area contributed by atoms with E-state index in [9.17, 15) is 0 Å². The van der Waals surface area contributed by atoms with Crippen molar-refractivity contribution in [2.24, 2.45) is 0 Å². The fourth-order valence-electron chi connectivity index (χ4n) is 8.31. The van der Waals surface area contributed by atoms with E-state index in [0.717, 1.165) is 16.7 Å². The van der Waals surface area contributed by atoms with E-state index in [4.69, 9.17) is 15.0 Å². The van der Waals surface area contributed by atoms with Crippen LogP contribution in [0.4, 0.5) is 0 Å². The van der Waals surface area contributed by atoms with Crippen LogP contribution in [0.5, 0.6) is 0 Å². The van der Waals surface area contributed by atoms with Gasteiger partial charge in [0.1, 0.15) is 0 Å². The molecule has 0 aliphatic carbocycles. The van der Waals surface area contributed by atoms with Gasteiger partial charge in [0.25, 0.3) is 0 Å². The molecular weight excluding hydrogens is 751 g/mol. The second kappa shape index (κ2) is 13.0. The fraction of sp³-hybridized carbons (Fsp3) is 0. The lowest BCUT2D eigenvalue weighted by atomic mass is 9.93. The van der Waals surface area contributed by atoms with Crippen LogP contribution in [0.2, 0.25) is 0 Å². The van der Waals surface area contributed by atoms with Gasteiger partial charge in [0.2, 0.25) is 0 Å². The zero-order valence-electron chi connectivity index (χ0n) is 30.3. The van der Waals surface area contributed by atoms with Gasteiger partial charge in [-0.1, -0.05) is 158 Å². The Balaban J connectivity index is 1.04. The number of benzene rings is 8. The standard InChI is InChI=1S/C51H29N3S3/c1-3-13-30(14-4-1)49-52-50(31-15-5-2-6-16-31)54-51(53-49)32-25-26-34-37-20-12-22-39(47(37)57-44(34)29-32)40-28-27-35(45-41-18-8-10-24-43(41)56-48(40)45)38-21-11-19-36-33-17-7-9-23-42(33)55-46(36)38/h1-29H. The highest BCUT2D eigenvalue weighted by atomic mass is 32.1. The molecule has 266 valence electrons. The first kappa shape index (κ1) is 32.7. The topological polar surface area (TPSA) is 38.7 Å². The van der Waals surface area contributed by atoms with E-state index in [1.54, 1.807) is 0 Å². The molecule has 3 nitrogen and oxygen atoms in total. The van der Waals surface area contributed by atoms with Gasteiger partial charge in [0.15, 0.2) is 17.5 Å². The van der Waals surface area contributed by atoms with Crippen LogP contribution in [0.25, 0.3) is 117 Å². The van der Waals surface area contributed by atoms with Crippen molar-refractivity contribution in [3.8, 4) is 56.4 Å². The Kier molecular flexibility index (Phi) is 7.45. The molecule has 0 amide bonds. The molecule has 0 radical (unpaired) electrons. The molecule has 8 aromatic carbocycles. The highest BCUT2D eigenvalue weighted by Gasteiger charge is 2.21. The van der Waals surface area contributed by atoms with E-state index in [0.29, 0.717) is 17.5 Å². The van der Waals surface area contributed by atoms with Gasteiger partial charge in [-0.2, -0.15) is 0 Å². The van der Waals surface area contributed by atoms with E-state index in [1.807, 2.05) is 70.4 Å². The van der Waals surface area contributed by atoms with Crippen molar-refractivity contribution in [3.05, 3.63) is 176 Å². The summed E-state index contributed by atoms with van der Waals surface area (Å²) in [6.07, 6.45) is 0. The molecule has 0 spiro atoms. The number of thiophene rings is 3. The van der Waals surface area contributed by atoms with Crippen LogP contribution in [0, 0.1) is 0 Å². The predicted octanol–water partition coefficient (Wildman–Crippen LogP) is 15.3. The molecule has 4 heterocycles. The summed E-state index contributed by atoms with van der Waals surface area (Å²) in [5, 5.41) is 7.79. The Morgan fingerprint density at radius 1 is 0.281 bits per heavy atom. The van der Waals surface area contributed by atoms with Gasteiger partial charge < -0.3 is 0 Å². The van der Waals surface area contributed by atoms with Crippen LogP contribution in [0.3, 0.4) is 0 Å². The van der Waals surface area contributed by atoms with Crippen LogP contribution in [-0.4, -0.2) is 15.0 Å². The second-order valence-corrected chi connectivity index (χ2v) is 17.4. The summed E-state index contributed by atoms with van der Waals surface area (Å²) in [5.74, 6) is 1.99. The van der Waals surface area contributed by atoms with Crippen molar-refractivity contribution in [3.63, 3.8) is 0 Å². The molecule has 57 heavy (non-hydrogen) atoms. The third-order valence-electron chi connectivity index (χ3n) is 11.0. The summed E-state index contributed by atoms with van der Waals surface area (Å²) in [4.78, 5) is 15.0. The molecule has 0 aliphatic heterocycles. The van der Waals surface area contributed by atoms with E-state index >= 15 is 0 Å². The normalized spacial score (nSPS) is 11.9. The molecule has 4 aromatic heterocycles. The van der Waals surface area contributed by atoms with Crippen LogP contribution >= 0.6 is 34.0 Å². The summed E-state index contributed by atoms with van der Waals surface area (Å²) in [5.41, 5.74) is 8.02. The summed E-state index contributed by atoms with van der Waals surface area (Å²) in [6, 6.07) is 63.0. The first-order valence-electron chi connectivity index (χ1n) is 18.9. The third kappa shape index (κ3) is 5.26. The lowest BCUT2D eigenvalue weighted by molar-refractivity contribution is 1.07. The summed E-state index contributed by atoms with van der Waals surface area (Å²) in [6.45, 7) is 0. The Labute approximate surface area is 339 Å². The Morgan fingerprint density at radius 2 is 0.737 bits per heavy atom. The zero-order chi connectivity index (χ0) is 37.5. The maximum atomic E-state index is 5.03. The lowest BCUT2D eigenvalue weighted by Gasteiger charge is -2.11. The van der Waals surface area contributed by atoms with Gasteiger partial charge >= 0.3 is 0 Å². The quantitative estimate of drug-likeness (QED) is 0.175. The summed E-state index contributed by atoms with van der Waals surface area (Å²) in [7, 11) is 0. The molecule has 12 rings (SSSR count). The van der Waals surface area contributed by atoms with Crippen molar-refractivity contribution in [1.82, 2.24) is 15.0 Å². The van der Waals surface area contributed by atoms with Crippen molar-refractivity contribution in [1.29, 1.82) is 0 Å². The molecule has 0 aliphatic rings. The van der Waals surface area contributed by atoms with Gasteiger partial charge in [-0.25, -0.2) is 15.0 Å². The average molecular weight is 780 g/mol. The second-order valence-electron chi connectivity index (χ2n) is 14.3. The highest BCUT2D eigenvalue weighted by Crippen LogP contribution is 2.50. The van der Waals surface area contributed by atoms with Gasteiger partial charge in [-0.15, -0.1) is 34.0 Å². The Bertz CT molecular complexity index is 3470. The zero-order valence-corrected chi connectivity index (χ0v) is 32.8. The summed E-state index contributed by atoms with van der Waals surface area (Å²) >= 11 is 5.65. The fourth-order valence-corrected chi connectivity index (χ4v) is 12.1. The Hall–Kier alpha value is -6.57. The first-order valence-corrected chi connectivity index (χ1v) is 21.4. The SMILES string of the molecule is c1ccc(-c2nc(-c3ccccc3)nc(-c3ccc4c(c3)sc3c(-c5ccc(-c6cccc7c6sc6ccccc67)c6c5sc5ccccc56)cccc34)n2)cc1. The van der Waals surface area contributed by atoms with Gasteiger partial charge in [0.05, 0.1) is 0 Å². The number of hydrogen-bond donors (Lipinski definition) is 0. The maximum absolute atomic E-state index is 5.03. The molecule has 0 bridgehead atoms. The monoisotopic (exact) mass is 779 g/mol. The molecular formula is C51H29N3S3. The van der Waals surface area contributed by atoms with Crippen LogP contribution in [-0.2, 0) is 0 Å². The minimum Gasteiger partial charge on any atom is -0.208 e.